The standard InChI is InChI=1S/C22H26FN3O3/c1-4-15-13-26(22(28)16-7-9-24-20(12-16)29-3)10-8-19(15)25-21(27)17-6-5-14(2)11-18(17)23/h5-7,9,11-12,15,19H,4,8,10,13H2,1-3H3,(H,25,27)/t15-,19+/m1/s1. The number of piperidine rings is 1. The van der Waals surface area contributed by atoms with Crippen molar-refractivity contribution in [1.82, 2.24) is 15.2 Å². The maximum atomic E-state index is 14.1. The summed E-state index contributed by atoms with van der Waals surface area (Å²) < 4.78 is 19.2. The maximum Gasteiger partial charge on any atom is 0.254 e. The Morgan fingerprint density at radius 2 is 2.10 bits per heavy atom. The highest BCUT2D eigenvalue weighted by atomic mass is 19.1. The van der Waals surface area contributed by atoms with E-state index in [0.29, 0.717) is 31.0 Å². The molecule has 2 aromatic rings. The fraction of sp³-hybridized carbons (Fsp3) is 0.409. The number of likely N-dealkylation sites (tertiary alicyclic amines) is 1. The molecule has 0 saturated carbocycles. The molecule has 154 valence electrons. The molecule has 2 amide bonds. The van der Waals surface area contributed by atoms with E-state index in [4.69, 9.17) is 4.74 Å². The number of nitrogens with one attached hydrogen (secondary N) is 1. The van der Waals surface area contributed by atoms with Crippen LogP contribution < -0.4 is 10.1 Å². The monoisotopic (exact) mass is 399 g/mol. The lowest BCUT2D eigenvalue weighted by molar-refractivity contribution is 0.0613. The molecule has 1 N–H and O–H groups in total. The van der Waals surface area contributed by atoms with Gasteiger partial charge in [0.15, 0.2) is 0 Å². The second-order valence-electron chi connectivity index (χ2n) is 7.36. The van der Waals surface area contributed by atoms with Crippen LogP contribution in [-0.2, 0) is 0 Å². The first-order valence-corrected chi connectivity index (χ1v) is 9.79. The highest BCUT2D eigenvalue weighted by molar-refractivity contribution is 5.95. The minimum Gasteiger partial charge on any atom is -0.481 e. The zero-order chi connectivity index (χ0) is 21.0. The van der Waals surface area contributed by atoms with E-state index in [2.05, 4.69) is 10.3 Å². The highest BCUT2D eigenvalue weighted by Crippen LogP contribution is 2.23. The summed E-state index contributed by atoms with van der Waals surface area (Å²) in [6, 6.07) is 7.77. The van der Waals surface area contributed by atoms with Crippen molar-refractivity contribution in [3.63, 3.8) is 0 Å². The normalized spacial score (nSPS) is 19.0. The number of rotatable bonds is 5. The van der Waals surface area contributed by atoms with Gasteiger partial charge in [0, 0.05) is 37.0 Å². The number of aromatic nitrogens is 1. The molecular weight excluding hydrogens is 373 g/mol. The molecule has 1 aromatic carbocycles. The number of pyridine rings is 1. The summed E-state index contributed by atoms with van der Waals surface area (Å²) in [6.07, 6.45) is 2.96. The van der Waals surface area contributed by atoms with Gasteiger partial charge in [-0.2, -0.15) is 0 Å². The molecule has 0 bridgehead atoms. The number of hydrogen-bond acceptors (Lipinski definition) is 4. The topological polar surface area (TPSA) is 71.5 Å². The molecule has 6 nitrogen and oxygen atoms in total. The van der Waals surface area contributed by atoms with Gasteiger partial charge in [0.05, 0.1) is 12.7 Å². The second kappa shape index (κ2) is 9.03. The van der Waals surface area contributed by atoms with Gasteiger partial charge in [0.25, 0.3) is 11.8 Å². The number of methoxy groups -OCH3 is 1. The lowest BCUT2D eigenvalue weighted by Gasteiger charge is -2.38. The van der Waals surface area contributed by atoms with Crippen LogP contribution in [0.4, 0.5) is 4.39 Å². The molecule has 1 fully saturated rings. The number of amides is 2. The molecule has 0 radical (unpaired) electrons. The molecule has 29 heavy (non-hydrogen) atoms. The number of nitrogens with zero attached hydrogens (tertiary/aromatic N) is 2. The maximum absolute atomic E-state index is 14.1. The van der Waals surface area contributed by atoms with Crippen LogP contribution in [0.1, 0.15) is 46.0 Å². The predicted molar refractivity (Wildman–Crippen MR) is 107 cm³/mol. The Labute approximate surface area is 170 Å². The Morgan fingerprint density at radius 1 is 1.31 bits per heavy atom. The molecule has 1 aromatic heterocycles. The number of halogens is 1. The quantitative estimate of drug-likeness (QED) is 0.838. The number of aryl methyl sites for hydroxylation is 1. The predicted octanol–water partition coefficient (Wildman–Crippen LogP) is 3.21. The van der Waals surface area contributed by atoms with Crippen LogP contribution in [0.5, 0.6) is 5.88 Å². The summed E-state index contributed by atoms with van der Waals surface area (Å²) >= 11 is 0. The molecule has 0 spiro atoms. The molecule has 0 aliphatic carbocycles. The van der Waals surface area contributed by atoms with E-state index in [1.54, 1.807) is 36.2 Å². The molecule has 2 heterocycles. The minimum atomic E-state index is -0.519. The van der Waals surface area contributed by atoms with Crippen LogP contribution in [0.3, 0.4) is 0 Å². The Hall–Kier alpha value is -2.96. The van der Waals surface area contributed by atoms with Gasteiger partial charge in [-0.25, -0.2) is 9.37 Å². The van der Waals surface area contributed by atoms with Crippen molar-refractivity contribution < 1.29 is 18.7 Å². The minimum absolute atomic E-state index is 0.0489. The fourth-order valence-corrected chi connectivity index (χ4v) is 3.71. The zero-order valence-corrected chi connectivity index (χ0v) is 16.9. The Balaban J connectivity index is 1.67. The fourth-order valence-electron chi connectivity index (χ4n) is 3.71. The van der Waals surface area contributed by atoms with Crippen LogP contribution >= 0.6 is 0 Å². The van der Waals surface area contributed by atoms with Crippen LogP contribution in [-0.4, -0.2) is 47.9 Å². The second-order valence-corrected chi connectivity index (χ2v) is 7.36. The van der Waals surface area contributed by atoms with E-state index < -0.39 is 11.7 Å². The molecule has 1 aliphatic heterocycles. The van der Waals surface area contributed by atoms with Crippen molar-refractivity contribution in [2.75, 3.05) is 20.2 Å². The summed E-state index contributed by atoms with van der Waals surface area (Å²) in [5.74, 6) is -0.531. The summed E-state index contributed by atoms with van der Waals surface area (Å²) in [5.41, 5.74) is 1.34. The van der Waals surface area contributed by atoms with Gasteiger partial charge in [-0.3, -0.25) is 9.59 Å². The summed E-state index contributed by atoms with van der Waals surface area (Å²) in [6.45, 7) is 4.85. The number of carbonyl (C=O) groups is 2. The van der Waals surface area contributed by atoms with E-state index in [-0.39, 0.29) is 23.4 Å². The van der Waals surface area contributed by atoms with Gasteiger partial charge in [0.2, 0.25) is 5.88 Å². The van der Waals surface area contributed by atoms with Crippen molar-refractivity contribution >= 4 is 11.8 Å². The summed E-state index contributed by atoms with van der Waals surface area (Å²) in [5, 5.41) is 2.97. The third-order valence-electron chi connectivity index (χ3n) is 5.42. The van der Waals surface area contributed by atoms with Gasteiger partial charge in [-0.15, -0.1) is 0 Å². The van der Waals surface area contributed by atoms with Gasteiger partial charge >= 0.3 is 0 Å². The first-order valence-electron chi connectivity index (χ1n) is 9.79. The summed E-state index contributed by atoms with van der Waals surface area (Å²) in [7, 11) is 1.51. The number of hydrogen-bond donors (Lipinski definition) is 1. The number of benzene rings is 1. The number of carbonyl (C=O) groups excluding carboxylic acids is 2. The largest absolute Gasteiger partial charge is 0.481 e. The molecule has 1 aliphatic rings. The molecule has 7 heteroatoms. The van der Waals surface area contributed by atoms with Crippen molar-refractivity contribution in [1.29, 1.82) is 0 Å². The molecule has 0 unspecified atom stereocenters. The first kappa shape index (κ1) is 20.8. The van der Waals surface area contributed by atoms with Gasteiger partial charge in [-0.05, 0) is 49.4 Å². The van der Waals surface area contributed by atoms with Crippen molar-refractivity contribution in [2.45, 2.75) is 32.7 Å². The molecular formula is C22H26FN3O3. The average molecular weight is 399 g/mol. The third kappa shape index (κ3) is 4.72. The Kier molecular flexibility index (Phi) is 6.46. The van der Waals surface area contributed by atoms with Gasteiger partial charge in [-0.1, -0.05) is 13.0 Å². The molecule has 2 atom stereocenters. The average Bonchev–Trinajstić information content (AvgIpc) is 2.73. The highest BCUT2D eigenvalue weighted by Gasteiger charge is 2.32. The SMILES string of the molecule is CC[C@@H]1CN(C(=O)c2ccnc(OC)c2)CC[C@@H]1NC(=O)c1ccc(C)cc1F. The van der Waals surface area contributed by atoms with Crippen molar-refractivity contribution in [3.8, 4) is 5.88 Å². The van der Waals surface area contributed by atoms with Gasteiger partial charge < -0.3 is 15.0 Å². The van der Waals surface area contributed by atoms with E-state index in [0.717, 1.165) is 12.0 Å². The smallest absolute Gasteiger partial charge is 0.254 e. The third-order valence-corrected chi connectivity index (χ3v) is 5.42. The molecule has 3 rings (SSSR count). The lowest BCUT2D eigenvalue weighted by Crippen LogP contribution is -2.52. The van der Waals surface area contributed by atoms with E-state index in [9.17, 15) is 14.0 Å². The van der Waals surface area contributed by atoms with Crippen LogP contribution in [0.15, 0.2) is 36.5 Å². The zero-order valence-electron chi connectivity index (χ0n) is 16.9. The van der Waals surface area contributed by atoms with E-state index >= 15 is 0 Å². The van der Waals surface area contributed by atoms with E-state index in [1.165, 1.54) is 19.2 Å². The lowest BCUT2D eigenvalue weighted by atomic mass is 9.89. The van der Waals surface area contributed by atoms with Gasteiger partial charge in [0.1, 0.15) is 5.82 Å². The van der Waals surface area contributed by atoms with E-state index in [1.807, 2.05) is 6.92 Å². The first-order chi connectivity index (χ1) is 13.9. The Bertz CT molecular complexity index is 903. The van der Waals surface area contributed by atoms with Crippen LogP contribution in [0, 0.1) is 18.7 Å². The number of ether oxygens (including phenoxy) is 1. The van der Waals surface area contributed by atoms with Crippen molar-refractivity contribution in [3.05, 3.63) is 59.0 Å². The molecule has 1 saturated heterocycles. The summed E-state index contributed by atoms with van der Waals surface area (Å²) in [4.78, 5) is 31.2. The van der Waals surface area contributed by atoms with Crippen LogP contribution in [0.2, 0.25) is 0 Å². The Morgan fingerprint density at radius 3 is 2.79 bits per heavy atom. The van der Waals surface area contributed by atoms with Crippen molar-refractivity contribution in [2.24, 2.45) is 5.92 Å². The van der Waals surface area contributed by atoms with Crippen LogP contribution in [0.25, 0.3) is 0 Å².